The summed E-state index contributed by atoms with van der Waals surface area (Å²) >= 11 is 4.43. The van der Waals surface area contributed by atoms with Gasteiger partial charge in [0.1, 0.15) is 0 Å². The lowest BCUT2D eigenvalue weighted by atomic mass is 9.94. The Labute approximate surface area is 94.7 Å². The van der Waals surface area contributed by atoms with E-state index in [1.54, 1.807) is 0 Å². The van der Waals surface area contributed by atoms with Crippen LogP contribution in [0.3, 0.4) is 0 Å². The number of hydrogen-bond acceptors (Lipinski definition) is 2. The highest BCUT2D eigenvalue weighted by molar-refractivity contribution is 7.80. The number of nitrogens with zero attached hydrogens (tertiary/aromatic N) is 1. The van der Waals surface area contributed by atoms with Gasteiger partial charge >= 0.3 is 0 Å². The van der Waals surface area contributed by atoms with E-state index in [2.05, 4.69) is 38.3 Å². The first kappa shape index (κ1) is 12.4. The second-order valence-corrected chi connectivity index (χ2v) is 5.81. The van der Waals surface area contributed by atoms with Gasteiger partial charge in [0.2, 0.25) is 0 Å². The fourth-order valence-electron chi connectivity index (χ4n) is 2.17. The zero-order valence-electron chi connectivity index (χ0n) is 9.92. The van der Waals surface area contributed by atoms with Crippen molar-refractivity contribution in [3.05, 3.63) is 0 Å². The molecule has 1 rings (SSSR count). The summed E-state index contributed by atoms with van der Waals surface area (Å²) in [7, 11) is 0. The molecule has 0 spiro atoms. The Morgan fingerprint density at radius 3 is 2.64 bits per heavy atom. The highest BCUT2D eigenvalue weighted by Gasteiger charge is 2.24. The maximum absolute atomic E-state index is 4.43. The van der Waals surface area contributed by atoms with E-state index < -0.39 is 0 Å². The highest BCUT2D eigenvalue weighted by Crippen LogP contribution is 2.23. The van der Waals surface area contributed by atoms with Crippen LogP contribution in [0, 0.1) is 5.41 Å². The van der Waals surface area contributed by atoms with Crippen LogP contribution in [-0.2, 0) is 0 Å². The Balaban J connectivity index is 2.48. The van der Waals surface area contributed by atoms with Crippen molar-refractivity contribution in [2.75, 3.05) is 18.8 Å². The molecular formula is C12H25NS. The van der Waals surface area contributed by atoms with Gasteiger partial charge in [0, 0.05) is 12.6 Å². The lowest BCUT2D eigenvalue weighted by Crippen LogP contribution is -2.40. The van der Waals surface area contributed by atoms with Crippen molar-refractivity contribution in [2.24, 2.45) is 5.41 Å². The van der Waals surface area contributed by atoms with E-state index in [1.807, 2.05) is 0 Å². The van der Waals surface area contributed by atoms with Crippen LogP contribution in [-0.4, -0.2) is 29.8 Å². The highest BCUT2D eigenvalue weighted by atomic mass is 32.1. The fraction of sp³-hybridized carbons (Fsp3) is 1.00. The van der Waals surface area contributed by atoms with Crippen LogP contribution in [0.2, 0.25) is 0 Å². The van der Waals surface area contributed by atoms with Crippen molar-refractivity contribution in [2.45, 2.75) is 52.5 Å². The van der Waals surface area contributed by atoms with Crippen LogP contribution in [0.25, 0.3) is 0 Å². The molecule has 0 bridgehead atoms. The molecule has 0 saturated carbocycles. The summed E-state index contributed by atoms with van der Waals surface area (Å²) in [6, 6.07) is 0.775. The van der Waals surface area contributed by atoms with Gasteiger partial charge in [-0.1, -0.05) is 26.7 Å². The first-order valence-electron chi connectivity index (χ1n) is 5.90. The van der Waals surface area contributed by atoms with Crippen LogP contribution < -0.4 is 0 Å². The van der Waals surface area contributed by atoms with E-state index in [0.717, 1.165) is 11.8 Å². The zero-order valence-corrected chi connectivity index (χ0v) is 10.8. The van der Waals surface area contributed by atoms with Crippen molar-refractivity contribution in [1.82, 2.24) is 4.90 Å². The third kappa shape index (κ3) is 3.82. The van der Waals surface area contributed by atoms with Gasteiger partial charge in [0.05, 0.1) is 0 Å². The molecule has 1 nitrogen and oxygen atoms in total. The van der Waals surface area contributed by atoms with Crippen molar-refractivity contribution in [3.63, 3.8) is 0 Å². The molecule has 0 radical (unpaired) electrons. The first-order valence-corrected chi connectivity index (χ1v) is 6.53. The van der Waals surface area contributed by atoms with Crippen LogP contribution >= 0.6 is 12.6 Å². The normalized spacial score (nSPS) is 26.1. The van der Waals surface area contributed by atoms with Gasteiger partial charge in [-0.15, -0.1) is 0 Å². The van der Waals surface area contributed by atoms with Crippen LogP contribution in [0.5, 0.6) is 0 Å². The average Bonchev–Trinajstić information content (AvgIpc) is 2.32. The molecule has 0 N–H and O–H groups in total. The van der Waals surface area contributed by atoms with Gasteiger partial charge in [-0.25, -0.2) is 0 Å². The monoisotopic (exact) mass is 215 g/mol. The third-order valence-corrected chi connectivity index (χ3v) is 4.11. The van der Waals surface area contributed by atoms with Crippen LogP contribution in [0.4, 0.5) is 0 Å². The Morgan fingerprint density at radius 2 is 2.00 bits per heavy atom. The molecule has 1 atom stereocenters. The molecule has 14 heavy (non-hydrogen) atoms. The predicted octanol–water partition coefficient (Wildman–Crippen LogP) is 3.21. The predicted molar refractivity (Wildman–Crippen MR) is 67.1 cm³/mol. The summed E-state index contributed by atoms with van der Waals surface area (Å²) in [6.07, 6.45) is 5.59. The molecule has 0 aromatic heterocycles. The largest absolute Gasteiger partial charge is 0.300 e. The molecule has 1 aliphatic heterocycles. The topological polar surface area (TPSA) is 3.24 Å². The maximum Gasteiger partial charge on any atom is 0.00671 e. The zero-order chi connectivity index (χ0) is 10.6. The van der Waals surface area contributed by atoms with E-state index in [-0.39, 0.29) is 0 Å². The van der Waals surface area contributed by atoms with Crippen molar-refractivity contribution in [1.29, 1.82) is 0 Å². The molecule has 1 heterocycles. The Bertz CT molecular complexity index is 168. The Hall–Kier alpha value is 0.310. The average molecular weight is 215 g/mol. The van der Waals surface area contributed by atoms with Crippen LogP contribution in [0.1, 0.15) is 46.5 Å². The van der Waals surface area contributed by atoms with Gasteiger partial charge in [0.25, 0.3) is 0 Å². The molecule has 1 aliphatic rings. The molecule has 0 amide bonds. The number of rotatable bonds is 3. The minimum atomic E-state index is 0.363. The van der Waals surface area contributed by atoms with Crippen LogP contribution in [0.15, 0.2) is 0 Å². The second-order valence-electron chi connectivity index (χ2n) is 5.49. The minimum absolute atomic E-state index is 0.363. The second kappa shape index (κ2) is 5.41. The molecule has 1 fully saturated rings. The van der Waals surface area contributed by atoms with E-state index >= 15 is 0 Å². The molecule has 84 valence electrons. The lowest BCUT2D eigenvalue weighted by Gasteiger charge is -2.34. The molecule has 2 heteroatoms. The Morgan fingerprint density at radius 1 is 1.29 bits per heavy atom. The van der Waals surface area contributed by atoms with Gasteiger partial charge in [-0.05, 0) is 37.5 Å². The molecule has 1 unspecified atom stereocenters. The molecular weight excluding hydrogens is 190 g/mol. The molecule has 0 aromatic carbocycles. The van der Waals surface area contributed by atoms with E-state index in [0.29, 0.717) is 5.41 Å². The van der Waals surface area contributed by atoms with E-state index in [1.165, 1.54) is 38.8 Å². The minimum Gasteiger partial charge on any atom is -0.300 e. The number of likely N-dealkylation sites (tertiary alicyclic amines) is 1. The summed E-state index contributed by atoms with van der Waals surface area (Å²) in [5, 5.41) is 0. The van der Waals surface area contributed by atoms with Gasteiger partial charge in [0.15, 0.2) is 0 Å². The molecule has 0 aliphatic carbocycles. The smallest absolute Gasteiger partial charge is 0.00671 e. The fourth-order valence-corrected chi connectivity index (χ4v) is 2.27. The van der Waals surface area contributed by atoms with Gasteiger partial charge in [-0.2, -0.15) is 12.6 Å². The first-order chi connectivity index (χ1) is 6.55. The Kier molecular flexibility index (Phi) is 4.78. The summed E-state index contributed by atoms with van der Waals surface area (Å²) in [4.78, 5) is 2.66. The van der Waals surface area contributed by atoms with E-state index in [4.69, 9.17) is 0 Å². The summed E-state index contributed by atoms with van der Waals surface area (Å²) in [6.45, 7) is 9.51. The van der Waals surface area contributed by atoms with Crippen molar-refractivity contribution >= 4 is 12.6 Å². The van der Waals surface area contributed by atoms with Crippen molar-refractivity contribution in [3.8, 4) is 0 Å². The van der Waals surface area contributed by atoms with Gasteiger partial charge in [-0.3, -0.25) is 0 Å². The number of thiol groups is 1. The van der Waals surface area contributed by atoms with Crippen molar-refractivity contribution < 1.29 is 0 Å². The summed E-state index contributed by atoms with van der Waals surface area (Å²) in [5.41, 5.74) is 0.363. The quantitative estimate of drug-likeness (QED) is 0.708. The molecule has 1 saturated heterocycles. The molecule has 0 aromatic rings. The summed E-state index contributed by atoms with van der Waals surface area (Å²) < 4.78 is 0. The SMILES string of the molecule is CC1CCCCCN1CC(C)(C)CS. The maximum atomic E-state index is 4.43. The van der Waals surface area contributed by atoms with E-state index in [9.17, 15) is 0 Å². The summed E-state index contributed by atoms with van der Waals surface area (Å²) in [5.74, 6) is 0.982. The third-order valence-electron chi connectivity index (χ3n) is 3.25. The van der Waals surface area contributed by atoms with Gasteiger partial charge < -0.3 is 4.90 Å². The number of hydrogen-bond donors (Lipinski definition) is 1. The lowest BCUT2D eigenvalue weighted by molar-refractivity contribution is 0.152. The standard InChI is InChI=1S/C12H25NS/c1-11-7-5-4-6-8-13(11)9-12(2,3)10-14/h11,14H,4-10H2,1-3H3.